The highest BCUT2D eigenvalue weighted by atomic mass is 32.2. The number of rotatable bonds is 7. The molecule has 0 N–H and O–H groups in total. The van der Waals surface area contributed by atoms with Crippen LogP contribution >= 0.6 is 0 Å². The molecule has 0 fully saturated rings. The number of carbonyl (C=O) groups excluding carboxylic acids is 2. The summed E-state index contributed by atoms with van der Waals surface area (Å²) >= 11 is 0. The second-order valence-corrected chi connectivity index (χ2v) is 7.47. The van der Waals surface area contributed by atoms with E-state index in [1.54, 1.807) is 0 Å². The van der Waals surface area contributed by atoms with Crippen LogP contribution in [0.15, 0.2) is 33.5 Å². The molecule has 0 aliphatic carbocycles. The van der Waals surface area contributed by atoms with Crippen molar-refractivity contribution in [2.75, 3.05) is 12.9 Å². The highest BCUT2D eigenvalue weighted by Crippen LogP contribution is 2.24. The number of non-ortho nitro benzene ring substituents is 1. The van der Waals surface area contributed by atoms with Gasteiger partial charge in [0, 0.05) is 31.4 Å². The Morgan fingerprint density at radius 2 is 2.08 bits per heavy atom. The Balaban J connectivity index is 3.28. The third-order valence-electron chi connectivity index (χ3n) is 3.06. The summed E-state index contributed by atoms with van der Waals surface area (Å²) < 4.78 is 21.2. The lowest BCUT2D eigenvalue weighted by Crippen LogP contribution is -2.05. The van der Waals surface area contributed by atoms with Crippen LogP contribution in [0.5, 0.6) is 0 Å². The summed E-state index contributed by atoms with van der Waals surface area (Å²) in [6, 6.07) is 3.62. The van der Waals surface area contributed by atoms with Gasteiger partial charge in [0.2, 0.25) is 0 Å². The predicted octanol–water partition coefficient (Wildman–Crippen LogP) is 2.95. The van der Waals surface area contributed by atoms with E-state index in [0.717, 1.165) is 25.8 Å². The zero-order valence-electron chi connectivity index (χ0n) is 14.3. The zero-order valence-corrected chi connectivity index (χ0v) is 15.1. The minimum Gasteiger partial charge on any atom is -0.463 e. The normalized spacial score (nSPS) is 13.2. The molecule has 0 aliphatic rings. The van der Waals surface area contributed by atoms with Gasteiger partial charge in [-0.05, 0) is 24.1 Å². The van der Waals surface area contributed by atoms with E-state index in [-0.39, 0.29) is 22.8 Å². The second-order valence-electron chi connectivity index (χ2n) is 5.25. The van der Waals surface area contributed by atoms with Crippen LogP contribution in [-0.2, 0) is 24.1 Å². The number of hydrogen-bond donors (Lipinski definition) is 0. The summed E-state index contributed by atoms with van der Waals surface area (Å²) in [7, 11) is -3.10. The van der Waals surface area contributed by atoms with Crippen LogP contribution in [0.1, 0.15) is 32.3 Å². The van der Waals surface area contributed by atoms with Crippen molar-refractivity contribution in [3.8, 4) is 0 Å². The second kappa shape index (κ2) is 9.07. The molecule has 0 spiro atoms. The van der Waals surface area contributed by atoms with Gasteiger partial charge in [-0.2, -0.15) is 4.36 Å². The number of esters is 1. The number of unbranched alkanes of at least 4 members (excludes halogenated alkanes) is 1. The number of benzene rings is 1. The molecule has 1 unspecified atom stereocenters. The molecule has 0 saturated carbocycles. The van der Waals surface area contributed by atoms with Gasteiger partial charge in [-0.3, -0.25) is 14.9 Å². The van der Waals surface area contributed by atoms with E-state index >= 15 is 0 Å². The lowest BCUT2D eigenvalue weighted by molar-refractivity contribution is -0.384. The van der Waals surface area contributed by atoms with Crippen molar-refractivity contribution in [2.24, 2.45) is 4.36 Å². The molecule has 0 bridgehead atoms. The fourth-order valence-electron chi connectivity index (χ4n) is 1.94. The molecule has 0 heterocycles. The van der Waals surface area contributed by atoms with E-state index < -0.39 is 26.5 Å². The molecule has 1 atom stereocenters. The van der Waals surface area contributed by atoms with Gasteiger partial charge in [0.25, 0.3) is 11.6 Å². The minimum atomic E-state index is -3.10. The van der Waals surface area contributed by atoms with Crippen molar-refractivity contribution >= 4 is 33.4 Å². The van der Waals surface area contributed by atoms with Crippen molar-refractivity contribution in [2.45, 2.75) is 31.6 Å². The van der Waals surface area contributed by atoms with E-state index in [4.69, 9.17) is 4.74 Å². The Morgan fingerprint density at radius 3 is 2.64 bits per heavy atom. The summed E-state index contributed by atoms with van der Waals surface area (Å²) in [6.07, 6.45) is 5.22. The molecule has 0 aliphatic heterocycles. The van der Waals surface area contributed by atoms with Crippen molar-refractivity contribution in [1.82, 2.24) is 0 Å². The van der Waals surface area contributed by atoms with Crippen LogP contribution in [-0.4, -0.2) is 33.9 Å². The van der Waals surface area contributed by atoms with Crippen molar-refractivity contribution < 1.29 is 23.5 Å². The van der Waals surface area contributed by atoms with E-state index in [0.29, 0.717) is 0 Å². The summed E-state index contributed by atoms with van der Waals surface area (Å²) in [4.78, 5) is 33.3. The quantitative estimate of drug-likeness (QED) is 0.240. The van der Waals surface area contributed by atoms with E-state index in [1.165, 1.54) is 30.5 Å². The first-order valence-electron chi connectivity index (χ1n) is 7.53. The topological polar surface area (TPSA) is 116 Å². The Morgan fingerprint density at radius 1 is 1.40 bits per heavy atom. The lowest BCUT2D eigenvalue weighted by Gasteiger charge is -2.08. The van der Waals surface area contributed by atoms with Gasteiger partial charge in [0.15, 0.2) is 0 Å². The molecule has 9 heteroatoms. The Kier molecular flexibility index (Phi) is 7.43. The standard InChI is InChI=1S/C16H20N2O6S/c1-4-5-10-24-16(20)9-6-13-11-14(18(21)22)7-8-15(13)25(3,23)17-12(2)19/h6-9,11H,4-5,10H2,1-3H3/b9-6+. The lowest BCUT2D eigenvalue weighted by atomic mass is 10.2. The number of ether oxygens (including phenoxy) is 1. The van der Waals surface area contributed by atoms with E-state index in [2.05, 4.69) is 4.36 Å². The SMILES string of the molecule is CCCCOC(=O)/C=C/c1cc([N+](=O)[O-])ccc1S(C)(=O)=NC(C)=O. The fourth-order valence-corrected chi connectivity index (χ4v) is 3.42. The summed E-state index contributed by atoms with van der Waals surface area (Å²) in [6.45, 7) is 3.39. The molecule has 1 amide bonds. The Bertz CT molecular complexity index is 822. The monoisotopic (exact) mass is 368 g/mol. The number of nitrogens with zero attached hydrogens (tertiary/aromatic N) is 2. The zero-order chi connectivity index (χ0) is 19.0. The van der Waals surface area contributed by atoms with Crippen molar-refractivity contribution in [1.29, 1.82) is 0 Å². The van der Waals surface area contributed by atoms with E-state index in [9.17, 15) is 23.9 Å². The molecule has 136 valence electrons. The van der Waals surface area contributed by atoms with Crippen molar-refractivity contribution in [3.63, 3.8) is 0 Å². The highest BCUT2D eigenvalue weighted by molar-refractivity contribution is 7.93. The van der Waals surface area contributed by atoms with Crippen LogP contribution < -0.4 is 0 Å². The minimum absolute atomic E-state index is 0.130. The van der Waals surface area contributed by atoms with Crippen molar-refractivity contribution in [3.05, 3.63) is 40.0 Å². The maximum atomic E-state index is 12.6. The third kappa shape index (κ3) is 6.46. The molecular formula is C16H20N2O6S. The van der Waals surface area contributed by atoms with Gasteiger partial charge in [-0.25, -0.2) is 9.00 Å². The molecule has 1 rings (SSSR count). The van der Waals surface area contributed by atoms with Gasteiger partial charge in [0.05, 0.1) is 26.2 Å². The maximum Gasteiger partial charge on any atom is 0.330 e. The van der Waals surface area contributed by atoms with Gasteiger partial charge in [0.1, 0.15) is 0 Å². The maximum absolute atomic E-state index is 12.6. The molecule has 0 saturated heterocycles. The summed E-state index contributed by atoms with van der Waals surface area (Å²) in [5.41, 5.74) is -0.0695. The van der Waals surface area contributed by atoms with Crippen LogP contribution in [0, 0.1) is 10.1 Å². The van der Waals surface area contributed by atoms with Gasteiger partial charge in [-0.1, -0.05) is 13.3 Å². The van der Waals surface area contributed by atoms with Crippen LogP contribution in [0.4, 0.5) is 5.69 Å². The van der Waals surface area contributed by atoms with Crippen LogP contribution in [0.3, 0.4) is 0 Å². The molecule has 25 heavy (non-hydrogen) atoms. The molecule has 8 nitrogen and oxygen atoms in total. The first-order valence-corrected chi connectivity index (χ1v) is 9.45. The first-order chi connectivity index (χ1) is 11.7. The molecule has 1 aromatic carbocycles. The molecule has 0 aromatic heterocycles. The van der Waals surface area contributed by atoms with Gasteiger partial charge < -0.3 is 4.74 Å². The molecule has 0 radical (unpaired) electrons. The fraction of sp³-hybridized carbons (Fsp3) is 0.375. The highest BCUT2D eigenvalue weighted by Gasteiger charge is 2.16. The molecular weight excluding hydrogens is 348 g/mol. The summed E-state index contributed by atoms with van der Waals surface area (Å²) in [5.74, 6) is -1.24. The number of nitro benzene ring substituents is 1. The number of nitro groups is 1. The smallest absolute Gasteiger partial charge is 0.330 e. The first kappa shape index (κ1) is 20.5. The number of hydrogen-bond acceptors (Lipinski definition) is 6. The average Bonchev–Trinajstić information content (AvgIpc) is 2.51. The predicted molar refractivity (Wildman–Crippen MR) is 93.4 cm³/mol. The largest absolute Gasteiger partial charge is 0.463 e. The van der Waals surface area contributed by atoms with Gasteiger partial charge in [-0.15, -0.1) is 0 Å². The third-order valence-corrected chi connectivity index (χ3v) is 4.85. The average molecular weight is 368 g/mol. The van der Waals surface area contributed by atoms with Crippen LogP contribution in [0.2, 0.25) is 0 Å². The number of amides is 1. The van der Waals surface area contributed by atoms with Gasteiger partial charge >= 0.3 is 5.97 Å². The molecule has 1 aromatic rings. The Labute approximate surface area is 146 Å². The van der Waals surface area contributed by atoms with E-state index in [1.807, 2.05) is 6.92 Å². The Hall–Kier alpha value is -2.55. The van der Waals surface area contributed by atoms with Crippen LogP contribution in [0.25, 0.3) is 6.08 Å². The summed E-state index contributed by atoms with van der Waals surface area (Å²) in [5, 5.41) is 10.9. The number of carbonyl (C=O) groups is 2.